The van der Waals surface area contributed by atoms with Crippen molar-refractivity contribution >= 4 is 17.7 Å². The summed E-state index contributed by atoms with van der Waals surface area (Å²) in [6.45, 7) is 2.22. The monoisotopic (exact) mass is 274 g/mol. The number of benzene rings is 1. The minimum Gasteiger partial charge on any atom is -0.476 e. The molecule has 0 saturated heterocycles. The first-order valence-electron chi connectivity index (χ1n) is 6.12. The van der Waals surface area contributed by atoms with Crippen molar-refractivity contribution < 1.29 is 9.90 Å². The molecular formula is C14H14N2O2S. The molecule has 0 saturated carbocycles. The average molecular weight is 274 g/mol. The standard InChI is InChI=1S/C14H14N2O2S/c1-8-5-10-6-9(3-4-13(10)19-8)12-7-11(14(17)18)15-16(12)2/h3-4,6-8H,5H2,1-2H3,(H,17,18). The zero-order valence-corrected chi connectivity index (χ0v) is 11.6. The Bertz CT molecular complexity index is 663. The predicted octanol–water partition coefficient (Wildman–Crippen LogP) is 2.82. The summed E-state index contributed by atoms with van der Waals surface area (Å²) in [5.41, 5.74) is 3.29. The van der Waals surface area contributed by atoms with Gasteiger partial charge in [-0.1, -0.05) is 13.0 Å². The smallest absolute Gasteiger partial charge is 0.356 e. The highest BCUT2D eigenvalue weighted by Gasteiger charge is 2.20. The normalized spacial score (nSPS) is 17.5. The fraction of sp³-hybridized carbons (Fsp3) is 0.286. The minimum atomic E-state index is -0.993. The molecule has 1 atom stereocenters. The van der Waals surface area contributed by atoms with Gasteiger partial charge in [-0.15, -0.1) is 11.8 Å². The number of hydrogen-bond donors (Lipinski definition) is 1. The molecule has 1 N–H and O–H groups in total. The molecule has 0 spiro atoms. The van der Waals surface area contributed by atoms with Gasteiger partial charge in [-0.2, -0.15) is 5.10 Å². The average Bonchev–Trinajstić information content (AvgIpc) is 2.90. The maximum absolute atomic E-state index is 10.9. The molecule has 2 heterocycles. The van der Waals surface area contributed by atoms with Crippen molar-refractivity contribution in [3.05, 3.63) is 35.5 Å². The van der Waals surface area contributed by atoms with Crippen LogP contribution in [0.4, 0.5) is 0 Å². The van der Waals surface area contributed by atoms with Crippen molar-refractivity contribution in [3.8, 4) is 11.3 Å². The lowest BCUT2D eigenvalue weighted by molar-refractivity contribution is 0.0689. The molecule has 0 amide bonds. The van der Waals surface area contributed by atoms with Crippen LogP contribution in [0.5, 0.6) is 0 Å². The molecule has 0 radical (unpaired) electrons. The number of carboxylic acids is 1. The van der Waals surface area contributed by atoms with E-state index in [1.54, 1.807) is 17.8 Å². The number of carbonyl (C=O) groups is 1. The Morgan fingerprint density at radius 1 is 1.47 bits per heavy atom. The van der Waals surface area contributed by atoms with Crippen LogP contribution in [-0.4, -0.2) is 26.1 Å². The molecule has 98 valence electrons. The molecule has 5 heteroatoms. The number of fused-ring (bicyclic) bond motifs is 1. The van der Waals surface area contributed by atoms with Gasteiger partial charge in [0.25, 0.3) is 0 Å². The number of thioether (sulfide) groups is 1. The lowest BCUT2D eigenvalue weighted by Crippen LogP contribution is -1.99. The summed E-state index contributed by atoms with van der Waals surface area (Å²) >= 11 is 1.89. The van der Waals surface area contributed by atoms with E-state index in [4.69, 9.17) is 5.11 Å². The number of nitrogens with zero attached hydrogens (tertiary/aromatic N) is 2. The number of aromatic nitrogens is 2. The van der Waals surface area contributed by atoms with Crippen LogP contribution < -0.4 is 0 Å². The van der Waals surface area contributed by atoms with E-state index >= 15 is 0 Å². The Labute approximate surface area is 115 Å². The zero-order valence-electron chi connectivity index (χ0n) is 10.8. The van der Waals surface area contributed by atoms with Gasteiger partial charge < -0.3 is 5.11 Å². The highest BCUT2D eigenvalue weighted by atomic mass is 32.2. The number of aryl methyl sites for hydroxylation is 1. The number of aromatic carboxylic acids is 1. The van der Waals surface area contributed by atoms with Gasteiger partial charge in [0.15, 0.2) is 5.69 Å². The SMILES string of the molecule is CC1Cc2cc(-c3cc(C(=O)O)nn3C)ccc2S1. The molecule has 3 rings (SSSR count). The zero-order chi connectivity index (χ0) is 13.6. The largest absolute Gasteiger partial charge is 0.476 e. The van der Waals surface area contributed by atoms with Crippen LogP contribution in [0.2, 0.25) is 0 Å². The number of rotatable bonds is 2. The van der Waals surface area contributed by atoms with Crippen LogP contribution in [-0.2, 0) is 13.5 Å². The molecule has 19 heavy (non-hydrogen) atoms. The van der Waals surface area contributed by atoms with Gasteiger partial charge in [0.1, 0.15) is 0 Å². The lowest BCUT2D eigenvalue weighted by atomic mass is 10.0. The molecule has 1 aliphatic heterocycles. The van der Waals surface area contributed by atoms with E-state index in [0.717, 1.165) is 17.7 Å². The summed E-state index contributed by atoms with van der Waals surface area (Å²) in [5.74, 6) is -0.993. The van der Waals surface area contributed by atoms with Gasteiger partial charge in [0, 0.05) is 22.8 Å². The third kappa shape index (κ3) is 2.14. The van der Waals surface area contributed by atoms with Crippen LogP contribution in [0.15, 0.2) is 29.2 Å². The van der Waals surface area contributed by atoms with Gasteiger partial charge >= 0.3 is 5.97 Å². The van der Waals surface area contributed by atoms with E-state index in [2.05, 4.69) is 24.2 Å². The Morgan fingerprint density at radius 3 is 2.95 bits per heavy atom. The van der Waals surface area contributed by atoms with Crippen molar-refractivity contribution in [2.75, 3.05) is 0 Å². The van der Waals surface area contributed by atoms with E-state index in [-0.39, 0.29) is 5.69 Å². The lowest BCUT2D eigenvalue weighted by Gasteiger charge is -2.04. The molecule has 0 fully saturated rings. The Kier molecular flexibility index (Phi) is 2.86. The maximum atomic E-state index is 10.9. The first-order chi connectivity index (χ1) is 9.04. The highest BCUT2D eigenvalue weighted by molar-refractivity contribution is 8.00. The second-order valence-electron chi connectivity index (χ2n) is 4.80. The van der Waals surface area contributed by atoms with Crippen LogP contribution in [0, 0.1) is 0 Å². The van der Waals surface area contributed by atoms with Crippen molar-refractivity contribution in [2.24, 2.45) is 7.05 Å². The maximum Gasteiger partial charge on any atom is 0.356 e. The third-order valence-electron chi connectivity index (χ3n) is 3.29. The van der Waals surface area contributed by atoms with Gasteiger partial charge in [-0.3, -0.25) is 4.68 Å². The number of carboxylic acid groups (broad SMARTS) is 1. The fourth-order valence-electron chi connectivity index (χ4n) is 2.42. The minimum absolute atomic E-state index is 0.0840. The first-order valence-corrected chi connectivity index (χ1v) is 7.00. The first kappa shape index (κ1) is 12.3. The van der Waals surface area contributed by atoms with E-state index < -0.39 is 5.97 Å². The van der Waals surface area contributed by atoms with Crippen LogP contribution in [0.3, 0.4) is 0 Å². The van der Waals surface area contributed by atoms with E-state index in [1.807, 2.05) is 17.8 Å². The molecule has 1 aromatic carbocycles. The fourth-order valence-corrected chi connectivity index (χ4v) is 3.56. The molecule has 0 aliphatic carbocycles. The van der Waals surface area contributed by atoms with Crippen molar-refractivity contribution in [1.29, 1.82) is 0 Å². The molecule has 1 aliphatic rings. The molecule has 1 aromatic heterocycles. The topological polar surface area (TPSA) is 55.1 Å². The predicted molar refractivity (Wildman–Crippen MR) is 74.6 cm³/mol. The summed E-state index contributed by atoms with van der Waals surface area (Å²) in [6, 6.07) is 7.92. The summed E-state index contributed by atoms with van der Waals surface area (Å²) in [5, 5.41) is 13.6. The molecule has 0 bridgehead atoms. The molecular weight excluding hydrogens is 260 g/mol. The Hall–Kier alpha value is -1.75. The van der Waals surface area contributed by atoms with Gasteiger partial charge in [0.2, 0.25) is 0 Å². The highest BCUT2D eigenvalue weighted by Crippen LogP contribution is 2.38. The summed E-state index contributed by atoms with van der Waals surface area (Å²) in [6.07, 6.45) is 1.07. The summed E-state index contributed by atoms with van der Waals surface area (Å²) < 4.78 is 1.62. The second-order valence-corrected chi connectivity index (χ2v) is 6.28. The summed E-state index contributed by atoms with van der Waals surface area (Å²) in [7, 11) is 1.77. The van der Waals surface area contributed by atoms with Crippen LogP contribution >= 0.6 is 11.8 Å². The Balaban J connectivity index is 2.04. The molecule has 2 aromatic rings. The van der Waals surface area contributed by atoms with Gasteiger partial charge in [0.05, 0.1) is 5.69 Å². The van der Waals surface area contributed by atoms with Gasteiger partial charge in [-0.05, 0) is 30.2 Å². The molecule has 4 nitrogen and oxygen atoms in total. The Morgan fingerprint density at radius 2 is 2.26 bits per heavy atom. The van der Waals surface area contributed by atoms with Gasteiger partial charge in [-0.25, -0.2) is 4.79 Å². The van der Waals surface area contributed by atoms with E-state index in [9.17, 15) is 4.79 Å². The van der Waals surface area contributed by atoms with E-state index in [1.165, 1.54) is 10.5 Å². The van der Waals surface area contributed by atoms with Crippen molar-refractivity contribution in [3.63, 3.8) is 0 Å². The third-order valence-corrected chi connectivity index (χ3v) is 4.51. The number of hydrogen-bond acceptors (Lipinski definition) is 3. The second kappa shape index (κ2) is 4.42. The molecule has 1 unspecified atom stereocenters. The van der Waals surface area contributed by atoms with Crippen molar-refractivity contribution in [1.82, 2.24) is 9.78 Å². The quantitative estimate of drug-likeness (QED) is 0.915. The van der Waals surface area contributed by atoms with E-state index in [0.29, 0.717) is 5.25 Å². The van der Waals surface area contributed by atoms with Crippen molar-refractivity contribution in [2.45, 2.75) is 23.5 Å². The van der Waals surface area contributed by atoms with Crippen LogP contribution in [0.25, 0.3) is 11.3 Å². The summed E-state index contributed by atoms with van der Waals surface area (Å²) in [4.78, 5) is 12.3. The van der Waals surface area contributed by atoms with Crippen LogP contribution in [0.1, 0.15) is 23.0 Å².